The summed E-state index contributed by atoms with van der Waals surface area (Å²) in [4.78, 5) is 12.3. The van der Waals surface area contributed by atoms with Crippen molar-refractivity contribution in [1.29, 1.82) is 0 Å². The van der Waals surface area contributed by atoms with Crippen molar-refractivity contribution < 1.29 is 45.0 Å². The van der Waals surface area contributed by atoms with Gasteiger partial charge in [0.15, 0.2) is 11.5 Å². The predicted octanol–water partition coefficient (Wildman–Crippen LogP) is 6.82. The van der Waals surface area contributed by atoms with Crippen LogP contribution in [0.15, 0.2) is 72.8 Å². The minimum absolute atomic E-state index is 0. The van der Waals surface area contributed by atoms with Crippen molar-refractivity contribution in [3.63, 3.8) is 0 Å². The molecule has 0 fully saturated rings. The molecule has 1 amide bonds. The molecule has 0 aromatic heterocycles. The normalized spacial score (nSPS) is 13.1. The van der Waals surface area contributed by atoms with Crippen LogP contribution in [0.25, 0.3) is 0 Å². The van der Waals surface area contributed by atoms with Gasteiger partial charge in [0, 0.05) is 6.04 Å². The van der Waals surface area contributed by atoms with E-state index in [4.69, 9.17) is 5.73 Å². The maximum Gasteiger partial charge on any atom is 0.416 e. The summed E-state index contributed by atoms with van der Waals surface area (Å²) in [6.07, 6.45) is -4.14. The van der Waals surface area contributed by atoms with Crippen molar-refractivity contribution in [2.45, 2.75) is 44.3 Å². The smallest absolute Gasteiger partial charge is 0.416 e. The van der Waals surface area contributed by atoms with Crippen molar-refractivity contribution >= 4 is 18.3 Å². The van der Waals surface area contributed by atoms with Crippen LogP contribution in [0, 0.1) is 0 Å². The van der Waals surface area contributed by atoms with Crippen LogP contribution in [0.1, 0.15) is 40.8 Å². The van der Waals surface area contributed by atoms with Gasteiger partial charge in [-0.1, -0.05) is 48.5 Å². The average Bonchev–Trinajstić information content (AvgIpc) is 2.85. The molecule has 0 aliphatic carbocycles. The summed E-state index contributed by atoms with van der Waals surface area (Å²) in [5.74, 6) is -2.04. The number of hydrogen-bond donors (Lipinski definition) is 2. The van der Waals surface area contributed by atoms with Crippen LogP contribution in [0.5, 0.6) is 11.5 Å². The standard InChI is InChI=1S/C26H23F7N2O3.ClH/c27-24(28)37-20-13-9-17(14-21(20)38-25(29)30)19(35-22(23(34)36)16-4-2-1-3-5-16)12-8-15-6-10-18(11-7-15)26(31,32)33;/h1-7,9-11,13-14,19,22,24-25,35H,8,12H2,(H2,34,36);1H/t19-,22+;/m0./s1. The van der Waals surface area contributed by atoms with E-state index in [-0.39, 0.29) is 30.8 Å². The van der Waals surface area contributed by atoms with Gasteiger partial charge in [0.25, 0.3) is 0 Å². The molecule has 0 aliphatic heterocycles. The Balaban J connectivity index is 0.00000533. The van der Waals surface area contributed by atoms with Gasteiger partial charge < -0.3 is 15.2 Å². The number of nitrogens with two attached hydrogens (primary N) is 1. The highest BCUT2D eigenvalue weighted by Crippen LogP contribution is 2.35. The molecule has 3 rings (SSSR count). The average molecular weight is 581 g/mol. The number of amides is 1. The maximum atomic E-state index is 13.0. The zero-order valence-corrected chi connectivity index (χ0v) is 20.8. The van der Waals surface area contributed by atoms with Gasteiger partial charge in [-0.2, -0.15) is 30.7 Å². The van der Waals surface area contributed by atoms with Gasteiger partial charge in [0.05, 0.1) is 5.56 Å². The van der Waals surface area contributed by atoms with E-state index in [1.54, 1.807) is 30.3 Å². The molecular formula is C26H24ClF7N2O3. The number of halogens is 8. The van der Waals surface area contributed by atoms with Crippen LogP contribution in [-0.4, -0.2) is 19.1 Å². The zero-order chi connectivity index (χ0) is 27.9. The summed E-state index contributed by atoms with van der Waals surface area (Å²) >= 11 is 0. The summed E-state index contributed by atoms with van der Waals surface area (Å²) in [6, 6.07) is 14.4. The van der Waals surface area contributed by atoms with Crippen molar-refractivity contribution in [2.75, 3.05) is 0 Å². The van der Waals surface area contributed by atoms with E-state index in [1.165, 1.54) is 18.2 Å². The van der Waals surface area contributed by atoms with Crippen molar-refractivity contribution in [3.05, 3.63) is 95.1 Å². The quantitative estimate of drug-likeness (QED) is 0.231. The Hall–Kier alpha value is -3.51. The Morgan fingerprint density at radius 1 is 0.821 bits per heavy atom. The second-order valence-corrected chi connectivity index (χ2v) is 8.16. The molecule has 0 radical (unpaired) electrons. The van der Waals surface area contributed by atoms with E-state index >= 15 is 0 Å². The van der Waals surface area contributed by atoms with Crippen LogP contribution < -0.4 is 20.5 Å². The molecule has 13 heteroatoms. The fraction of sp³-hybridized carbons (Fsp3) is 0.269. The predicted molar refractivity (Wildman–Crippen MR) is 131 cm³/mol. The lowest BCUT2D eigenvalue weighted by molar-refractivity contribution is -0.137. The van der Waals surface area contributed by atoms with Gasteiger partial charge in [0.1, 0.15) is 6.04 Å². The molecule has 0 saturated carbocycles. The molecule has 3 aromatic carbocycles. The summed E-state index contributed by atoms with van der Waals surface area (Å²) in [5, 5.41) is 3.05. The molecular weight excluding hydrogens is 557 g/mol. The van der Waals surface area contributed by atoms with E-state index in [9.17, 15) is 35.5 Å². The second-order valence-electron chi connectivity index (χ2n) is 8.16. The van der Waals surface area contributed by atoms with Crippen LogP contribution in [0.3, 0.4) is 0 Å². The Labute approximate surface area is 225 Å². The van der Waals surface area contributed by atoms with E-state index < -0.39 is 54.5 Å². The van der Waals surface area contributed by atoms with Crippen LogP contribution in [0.2, 0.25) is 0 Å². The number of primary amides is 1. The first-order valence-electron chi connectivity index (χ1n) is 11.2. The molecule has 212 valence electrons. The third-order valence-corrected chi connectivity index (χ3v) is 5.59. The van der Waals surface area contributed by atoms with Gasteiger partial charge in [-0.15, -0.1) is 12.4 Å². The fourth-order valence-corrected chi connectivity index (χ4v) is 3.83. The van der Waals surface area contributed by atoms with E-state index in [2.05, 4.69) is 14.8 Å². The molecule has 0 bridgehead atoms. The Morgan fingerprint density at radius 3 is 1.95 bits per heavy atom. The molecule has 2 atom stereocenters. The number of nitrogens with one attached hydrogen (secondary N) is 1. The number of hydrogen-bond acceptors (Lipinski definition) is 4. The highest BCUT2D eigenvalue weighted by Gasteiger charge is 2.30. The van der Waals surface area contributed by atoms with Gasteiger partial charge >= 0.3 is 19.4 Å². The lowest BCUT2D eigenvalue weighted by atomic mass is 9.95. The van der Waals surface area contributed by atoms with Crippen LogP contribution >= 0.6 is 12.4 Å². The SMILES string of the molecule is Cl.NC(=O)[C@H](N[C@@H](CCc1ccc(C(F)(F)F)cc1)c1ccc(OC(F)F)c(OC(F)F)c1)c1ccccc1. The first-order chi connectivity index (χ1) is 17.9. The maximum absolute atomic E-state index is 13.0. The molecule has 3 N–H and O–H groups in total. The van der Waals surface area contributed by atoms with Gasteiger partial charge in [0.2, 0.25) is 5.91 Å². The van der Waals surface area contributed by atoms with Gasteiger partial charge in [-0.05, 0) is 53.8 Å². The monoisotopic (exact) mass is 580 g/mol. The third-order valence-electron chi connectivity index (χ3n) is 5.59. The Bertz CT molecular complexity index is 1200. The highest BCUT2D eigenvalue weighted by atomic mass is 35.5. The van der Waals surface area contributed by atoms with Gasteiger partial charge in [-0.25, -0.2) is 0 Å². The number of benzene rings is 3. The first-order valence-corrected chi connectivity index (χ1v) is 11.2. The summed E-state index contributed by atoms with van der Waals surface area (Å²) in [5.41, 5.74) is 6.07. The Kier molecular flexibility index (Phi) is 11.4. The molecule has 0 saturated heterocycles. The lowest BCUT2D eigenvalue weighted by Crippen LogP contribution is -2.36. The van der Waals surface area contributed by atoms with Crippen molar-refractivity contribution in [3.8, 4) is 11.5 Å². The molecule has 0 heterocycles. The molecule has 5 nitrogen and oxygen atoms in total. The van der Waals surface area contributed by atoms with Gasteiger partial charge in [-0.3, -0.25) is 10.1 Å². The zero-order valence-electron chi connectivity index (χ0n) is 20.0. The highest BCUT2D eigenvalue weighted by molar-refractivity contribution is 5.85. The number of rotatable bonds is 12. The fourth-order valence-electron chi connectivity index (χ4n) is 3.83. The largest absolute Gasteiger partial charge is 0.431 e. The molecule has 0 unspecified atom stereocenters. The second kappa shape index (κ2) is 14.0. The van der Waals surface area contributed by atoms with E-state index in [0.717, 1.165) is 24.3 Å². The number of carbonyl (C=O) groups excluding carboxylic acids is 1. The molecule has 3 aromatic rings. The molecule has 39 heavy (non-hydrogen) atoms. The first kappa shape index (κ1) is 31.7. The Morgan fingerprint density at radius 2 is 1.41 bits per heavy atom. The van der Waals surface area contributed by atoms with Crippen LogP contribution in [-0.2, 0) is 17.4 Å². The van der Waals surface area contributed by atoms with Crippen molar-refractivity contribution in [1.82, 2.24) is 5.32 Å². The number of ether oxygens (including phenoxy) is 2. The lowest BCUT2D eigenvalue weighted by Gasteiger charge is -2.26. The molecule has 0 spiro atoms. The summed E-state index contributed by atoms with van der Waals surface area (Å²) in [7, 11) is 0. The minimum Gasteiger partial charge on any atom is -0.431 e. The third kappa shape index (κ3) is 9.32. The minimum atomic E-state index is -4.50. The number of aryl methyl sites for hydroxylation is 1. The van der Waals surface area contributed by atoms with Crippen LogP contribution in [0.4, 0.5) is 30.7 Å². The molecule has 0 aliphatic rings. The van der Waals surface area contributed by atoms with Crippen molar-refractivity contribution in [2.24, 2.45) is 5.73 Å². The number of carbonyl (C=O) groups is 1. The summed E-state index contributed by atoms with van der Waals surface area (Å²) < 4.78 is 98.8. The number of alkyl halides is 7. The summed E-state index contributed by atoms with van der Waals surface area (Å²) in [6.45, 7) is -6.64. The van der Waals surface area contributed by atoms with E-state index in [1.807, 2.05) is 0 Å². The topological polar surface area (TPSA) is 73.6 Å². The van der Waals surface area contributed by atoms with E-state index in [0.29, 0.717) is 11.1 Å².